The summed E-state index contributed by atoms with van der Waals surface area (Å²) in [6, 6.07) is 3.17. The Kier molecular flexibility index (Phi) is 3.79. The molecule has 4 nitrogen and oxygen atoms in total. The molecule has 2 N–H and O–H groups in total. The molecular formula is C13H9F5N4. The van der Waals surface area contributed by atoms with Crippen LogP contribution in [0.3, 0.4) is 0 Å². The highest BCUT2D eigenvalue weighted by molar-refractivity contribution is 5.49. The van der Waals surface area contributed by atoms with Crippen LogP contribution in [0.1, 0.15) is 22.5 Å². The van der Waals surface area contributed by atoms with Crippen LogP contribution >= 0.6 is 0 Å². The molecule has 2 aromatic rings. The fourth-order valence-electron chi connectivity index (χ4n) is 1.89. The molecule has 0 saturated carbocycles. The van der Waals surface area contributed by atoms with Gasteiger partial charge in [-0.1, -0.05) is 0 Å². The number of alkyl halides is 3. The van der Waals surface area contributed by atoms with E-state index in [0.29, 0.717) is 0 Å². The number of anilines is 1. The van der Waals surface area contributed by atoms with Crippen LogP contribution in [0.25, 0.3) is 0 Å². The first kappa shape index (κ1) is 15.8. The zero-order valence-corrected chi connectivity index (χ0v) is 11.2. The van der Waals surface area contributed by atoms with Gasteiger partial charge in [-0.2, -0.15) is 23.5 Å². The minimum absolute atomic E-state index is 0.0597. The van der Waals surface area contributed by atoms with Crippen LogP contribution in [-0.4, -0.2) is 9.78 Å². The molecule has 1 heterocycles. The maximum atomic E-state index is 13.8. The summed E-state index contributed by atoms with van der Waals surface area (Å²) in [6.45, 7) is 0.687. The van der Waals surface area contributed by atoms with Crippen molar-refractivity contribution in [2.75, 3.05) is 5.73 Å². The molecule has 22 heavy (non-hydrogen) atoms. The van der Waals surface area contributed by atoms with Crippen molar-refractivity contribution in [2.45, 2.75) is 19.6 Å². The average Bonchev–Trinajstić information content (AvgIpc) is 2.70. The number of nitriles is 1. The molecule has 1 aromatic carbocycles. The third kappa shape index (κ3) is 2.72. The van der Waals surface area contributed by atoms with Crippen molar-refractivity contribution < 1.29 is 22.0 Å². The SMILES string of the molecule is Cc1c(N)c(C(F)(F)F)nn1Cc1c(F)cc(C#N)cc1F. The summed E-state index contributed by atoms with van der Waals surface area (Å²) in [6.07, 6.45) is -4.76. The predicted molar refractivity (Wildman–Crippen MR) is 66.6 cm³/mol. The Hall–Kier alpha value is -2.63. The first-order chi connectivity index (χ1) is 10.1. The van der Waals surface area contributed by atoms with Gasteiger partial charge in [-0.15, -0.1) is 0 Å². The molecule has 0 unspecified atom stereocenters. The van der Waals surface area contributed by atoms with E-state index in [-0.39, 0.29) is 11.3 Å². The van der Waals surface area contributed by atoms with Gasteiger partial charge in [0, 0.05) is 5.56 Å². The van der Waals surface area contributed by atoms with Gasteiger partial charge in [-0.3, -0.25) is 4.68 Å². The fraction of sp³-hybridized carbons (Fsp3) is 0.231. The summed E-state index contributed by atoms with van der Waals surface area (Å²) < 4.78 is 66.4. The van der Waals surface area contributed by atoms with Gasteiger partial charge < -0.3 is 5.73 Å². The van der Waals surface area contributed by atoms with Gasteiger partial charge in [0.15, 0.2) is 5.69 Å². The van der Waals surface area contributed by atoms with E-state index in [2.05, 4.69) is 5.10 Å². The van der Waals surface area contributed by atoms with E-state index in [1.54, 1.807) is 6.07 Å². The maximum Gasteiger partial charge on any atom is 0.437 e. The van der Waals surface area contributed by atoms with Crippen LogP contribution in [0.2, 0.25) is 0 Å². The Balaban J connectivity index is 2.47. The van der Waals surface area contributed by atoms with Gasteiger partial charge in [-0.25, -0.2) is 8.78 Å². The Morgan fingerprint density at radius 1 is 1.27 bits per heavy atom. The molecule has 0 aliphatic rings. The number of hydrogen-bond acceptors (Lipinski definition) is 3. The van der Waals surface area contributed by atoms with E-state index in [1.165, 1.54) is 6.92 Å². The van der Waals surface area contributed by atoms with Crippen molar-refractivity contribution in [3.8, 4) is 6.07 Å². The van der Waals surface area contributed by atoms with Gasteiger partial charge in [0.05, 0.1) is 29.6 Å². The maximum absolute atomic E-state index is 13.8. The molecule has 0 fully saturated rings. The van der Waals surface area contributed by atoms with Crippen molar-refractivity contribution in [1.82, 2.24) is 9.78 Å². The molecular weight excluding hydrogens is 307 g/mol. The first-order valence-electron chi connectivity index (χ1n) is 5.93. The monoisotopic (exact) mass is 316 g/mol. The van der Waals surface area contributed by atoms with Gasteiger partial charge >= 0.3 is 6.18 Å². The summed E-state index contributed by atoms with van der Waals surface area (Å²) in [4.78, 5) is 0. The van der Waals surface area contributed by atoms with E-state index in [1.807, 2.05) is 0 Å². The number of nitrogens with zero attached hydrogens (tertiary/aromatic N) is 3. The lowest BCUT2D eigenvalue weighted by Gasteiger charge is -2.08. The Morgan fingerprint density at radius 3 is 2.23 bits per heavy atom. The number of hydrogen-bond donors (Lipinski definition) is 1. The number of rotatable bonds is 2. The van der Waals surface area contributed by atoms with Crippen molar-refractivity contribution in [3.63, 3.8) is 0 Å². The van der Waals surface area contributed by atoms with Gasteiger partial charge in [0.1, 0.15) is 11.6 Å². The zero-order chi connectivity index (χ0) is 16.7. The Labute approximate surface area is 121 Å². The van der Waals surface area contributed by atoms with Gasteiger partial charge in [0.2, 0.25) is 0 Å². The van der Waals surface area contributed by atoms with Gasteiger partial charge in [0.25, 0.3) is 0 Å². The second kappa shape index (κ2) is 5.29. The molecule has 0 spiro atoms. The number of halogens is 5. The largest absolute Gasteiger partial charge is 0.437 e. The highest BCUT2D eigenvalue weighted by atomic mass is 19.4. The number of benzene rings is 1. The zero-order valence-electron chi connectivity index (χ0n) is 11.2. The van der Waals surface area contributed by atoms with Crippen LogP contribution in [0, 0.1) is 29.9 Å². The molecule has 0 amide bonds. The van der Waals surface area contributed by atoms with E-state index in [9.17, 15) is 22.0 Å². The lowest BCUT2D eigenvalue weighted by molar-refractivity contribution is -0.140. The standard InChI is InChI=1S/C13H9F5N4/c1-6-11(20)12(13(16,17)18)21-22(6)5-8-9(14)2-7(4-19)3-10(8)15/h2-3H,5,20H2,1H3. The summed E-state index contributed by atoms with van der Waals surface area (Å²) in [5.41, 5.74) is 2.64. The van der Waals surface area contributed by atoms with Crippen molar-refractivity contribution >= 4 is 5.69 Å². The lowest BCUT2D eigenvalue weighted by Crippen LogP contribution is -2.11. The van der Waals surface area contributed by atoms with Crippen molar-refractivity contribution in [1.29, 1.82) is 5.26 Å². The van der Waals surface area contributed by atoms with E-state index >= 15 is 0 Å². The molecule has 0 saturated heterocycles. The number of aromatic nitrogens is 2. The van der Waals surface area contributed by atoms with Gasteiger partial charge in [-0.05, 0) is 19.1 Å². The summed E-state index contributed by atoms with van der Waals surface area (Å²) in [5.74, 6) is -2.09. The van der Waals surface area contributed by atoms with E-state index in [0.717, 1.165) is 16.8 Å². The van der Waals surface area contributed by atoms with Crippen LogP contribution < -0.4 is 5.73 Å². The average molecular weight is 316 g/mol. The Morgan fingerprint density at radius 2 is 1.82 bits per heavy atom. The van der Waals surface area contributed by atoms with Crippen molar-refractivity contribution in [2.24, 2.45) is 0 Å². The smallest absolute Gasteiger partial charge is 0.395 e. The highest BCUT2D eigenvalue weighted by Crippen LogP contribution is 2.34. The van der Waals surface area contributed by atoms with Crippen LogP contribution in [-0.2, 0) is 12.7 Å². The van der Waals surface area contributed by atoms with E-state index < -0.39 is 41.3 Å². The molecule has 9 heteroatoms. The van der Waals surface area contributed by atoms with Crippen LogP contribution in [0.15, 0.2) is 12.1 Å². The van der Waals surface area contributed by atoms with Crippen LogP contribution in [0.4, 0.5) is 27.6 Å². The number of nitrogen functional groups attached to an aromatic ring is 1. The minimum atomic E-state index is -4.76. The lowest BCUT2D eigenvalue weighted by atomic mass is 10.1. The molecule has 0 bridgehead atoms. The predicted octanol–water partition coefficient (Wildman–Crippen LogP) is 2.99. The molecule has 1 aromatic heterocycles. The molecule has 2 rings (SSSR count). The normalized spacial score (nSPS) is 11.5. The third-order valence-corrected chi connectivity index (χ3v) is 3.10. The summed E-state index contributed by atoms with van der Waals surface area (Å²) >= 11 is 0. The van der Waals surface area contributed by atoms with Crippen LogP contribution in [0.5, 0.6) is 0 Å². The summed E-state index contributed by atoms with van der Waals surface area (Å²) in [7, 11) is 0. The third-order valence-electron chi connectivity index (χ3n) is 3.10. The minimum Gasteiger partial charge on any atom is -0.395 e. The molecule has 0 aliphatic carbocycles. The van der Waals surface area contributed by atoms with E-state index in [4.69, 9.17) is 11.0 Å². The molecule has 0 radical (unpaired) electrons. The first-order valence-corrected chi connectivity index (χ1v) is 5.93. The Bertz CT molecular complexity index is 747. The fourth-order valence-corrected chi connectivity index (χ4v) is 1.89. The summed E-state index contributed by atoms with van der Waals surface area (Å²) in [5, 5.41) is 11.9. The highest BCUT2D eigenvalue weighted by Gasteiger charge is 2.38. The molecule has 116 valence electrons. The second-order valence-corrected chi connectivity index (χ2v) is 4.53. The number of nitrogens with two attached hydrogens (primary N) is 1. The quantitative estimate of drug-likeness (QED) is 0.866. The second-order valence-electron chi connectivity index (χ2n) is 4.53. The topological polar surface area (TPSA) is 67.6 Å². The molecule has 0 atom stereocenters. The molecule has 0 aliphatic heterocycles. The van der Waals surface area contributed by atoms with Crippen molar-refractivity contribution in [3.05, 3.63) is 46.3 Å².